The van der Waals surface area contributed by atoms with Gasteiger partial charge in [-0.3, -0.25) is 9.98 Å². The van der Waals surface area contributed by atoms with E-state index in [9.17, 15) is 0 Å². The Hall–Kier alpha value is -1.62. The number of rotatable bonds is 3. The fourth-order valence-electron chi connectivity index (χ4n) is 1.40. The van der Waals surface area contributed by atoms with E-state index in [2.05, 4.69) is 25.9 Å². The monoisotopic (exact) mass is 293 g/mol. The summed E-state index contributed by atoms with van der Waals surface area (Å²) in [5.41, 5.74) is 7.37. The molecule has 0 bridgehead atoms. The van der Waals surface area contributed by atoms with Crippen LogP contribution in [0.2, 0.25) is 0 Å². The van der Waals surface area contributed by atoms with Crippen molar-refractivity contribution >= 4 is 21.8 Å². The standard InChI is InChI=1S/C12H12BrN3O/c1-2-15-12(14)8-3-4-9(16-7-8)10-5-6-11(13)17-10/h3-7H,2H2,1H3,(H2,14,15). The second-order valence-corrected chi connectivity index (χ2v) is 4.18. The molecule has 4 nitrogen and oxygen atoms in total. The molecule has 0 saturated carbocycles. The van der Waals surface area contributed by atoms with Crippen molar-refractivity contribution in [3.05, 3.63) is 40.7 Å². The smallest absolute Gasteiger partial charge is 0.169 e. The van der Waals surface area contributed by atoms with E-state index in [1.54, 1.807) is 6.20 Å². The molecule has 2 heterocycles. The van der Waals surface area contributed by atoms with Gasteiger partial charge in [0.05, 0.1) is 0 Å². The average Bonchev–Trinajstić information content (AvgIpc) is 2.76. The molecule has 2 N–H and O–H groups in total. The minimum Gasteiger partial charge on any atom is -0.448 e. The number of aliphatic imine (C=N–C) groups is 1. The highest BCUT2D eigenvalue weighted by Crippen LogP contribution is 2.23. The first-order valence-corrected chi connectivity index (χ1v) is 6.02. The fraction of sp³-hybridized carbons (Fsp3) is 0.167. The van der Waals surface area contributed by atoms with E-state index in [4.69, 9.17) is 10.2 Å². The Bertz CT molecular complexity index is 531. The summed E-state index contributed by atoms with van der Waals surface area (Å²) in [7, 11) is 0. The van der Waals surface area contributed by atoms with Gasteiger partial charge in [0.2, 0.25) is 0 Å². The summed E-state index contributed by atoms with van der Waals surface area (Å²) in [6.07, 6.45) is 1.69. The molecule has 0 amide bonds. The minimum atomic E-state index is 0.507. The molecule has 0 atom stereocenters. The second-order valence-electron chi connectivity index (χ2n) is 3.40. The maximum absolute atomic E-state index is 5.78. The molecule has 0 radical (unpaired) electrons. The van der Waals surface area contributed by atoms with Crippen molar-refractivity contribution in [2.24, 2.45) is 10.7 Å². The van der Waals surface area contributed by atoms with Gasteiger partial charge in [0.1, 0.15) is 11.5 Å². The SMILES string of the molecule is CCN=C(N)c1ccc(-c2ccc(Br)o2)nc1. The summed E-state index contributed by atoms with van der Waals surface area (Å²) < 4.78 is 6.10. The molecule has 88 valence electrons. The van der Waals surface area contributed by atoms with Crippen molar-refractivity contribution in [3.8, 4) is 11.5 Å². The molecule has 2 aromatic rings. The summed E-state index contributed by atoms with van der Waals surface area (Å²) in [5, 5.41) is 0. The Kier molecular flexibility index (Phi) is 3.58. The van der Waals surface area contributed by atoms with Crippen LogP contribution in [-0.2, 0) is 0 Å². The normalized spacial score (nSPS) is 11.8. The zero-order valence-corrected chi connectivity index (χ0v) is 10.9. The molecule has 17 heavy (non-hydrogen) atoms. The number of halogens is 1. The molecule has 5 heteroatoms. The summed E-state index contributed by atoms with van der Waals surface area (Å²) in [5.74, 6) is 1.22. The van der Waals surface area contributed by atoms with E-state index in [0.717, 1.165) is 17.0 Å². The Balaban J connectivity index is 2.27. The molecule has 0 unspecified atom stereocenters. The number of nitrogens with zero attached hydrogens (tertiary/aromatic N) is 2. The number of furan rings is 1. The van der Waals surface area contributed by atoms with Crippen LogP contribution in [0, 0.1) is 0 Å². The molecule has 2 aromatic heterocycles. The first-order chi connectivity index (χ1) is 8.20. The lowest BCUT2D eigenvalue weighted by atomic mass is 10.2. The topological polar surface area (TPSA) is 64.4 Å². The quantitative estimate of drug-likeness (QED) is 0.699. The van der Waals surface area contributed by atoms with Gasteiger partial charge in [0, 0.05) is 18.3 Å². The summed E-state index contributed by atoms with van der Waals surface area (Å²) in [6.45, 7) is 2.60. The van der Waals surface area contributed by atoms with Gasteiger partial charge >= 0.3 is 0 Å². The van der Waals surface area contributed by atoms with Crippen molar-refractivity contribution in [1.29, 1.82) is 0 Å². The molecular formula is C12H12BrN3O. The molecular weight excluding hydrogens is 282 g/mol. The Morgan fingerprint density at radius 1 is 1.41 bits per heavy atom. The van der Waals surface area contributed by atoms with E-state index >= 15 is 0 Å². The Labute approximate surface area is 108 Å². The van der Waals surface area contributed by atoms with Crippen LogP contribution in [0.1, 0.15) is 12.5 Å². The summed E-state index contributed by atoms with van der Waals surface area (Å²) >= 11 is 3.25. The van der Waals surface area contributed by atoms with Crippen molar-refractivity contribution < 1.29 is 4.42 Å². The maximum Gasteiger partial charge on any atom is 0.169 e. The number of amidine groups is 1. The molecule has 0 aromatic carbocycles. The maximum atomic E-state index is 5.78. The zero-order chi connectivity index (χ0) is 12.3. The predicted molar refractivity (Wildman–Crippen MR) is 70.9 cm³/mol. The molecule has 0 aliphatic carbocycles. The van der Waals surface area contributed by atoms with E-state index in [1.807, 2.05) is 31.2 Å². The average molecular weight is 294 g/mol. The highest BCUT2D eigenvalue weighted by atomic mass is 79.9. The number of pyridine rings is 1. The van der Waals surface area contributed by atoms with E-state index < -0.39 is 0 Å². The molecule has 0 aliphatic rings. The second kappa shape index (κ2) is 5.14. The van der Waals surface area contributed by atoms with E-state index in [1.165, 1.54) is 0 Å². The van der Waals surface area contributed by atoms with Crippen LogP contribution < -0.4 is 5.73 Å². The van der Waals surface area contributed by atoms with Crippen molar-refractivity contribution in [3.63, 3.8) is 0 Å². The third-order valence-electron chi connectivity index (χ3n) is 2.21. The van der Waals surface area contributed by atoms with Crippen LogP contribution >= 0.6 is 15.9 Å². The van der Waals surface area contributed by atoms with Gasteiger partial charge in [0.25, 0.3) is 0 Å². The lowest BCUT2D eigenvalue weighted by molar-refractivity contribution is 0.554. The first-order valence-electron chi connectivity index (χ1n) is 5.22. The van der Waals surface area contributed by atoms with E-state index in [0.29, 0.717) is 17.0 Å². The minimum absolute atomic E-state index is 0.507. The molecule has 0 aliphatic heterocycles. The predicted octanol–water partition coefficient (Wildman–Crippen LogP) is 2.83. The largest absolute Gasteiger partial charge is 0.448 e. The van der Waals surface area contributed by atoms with Gasteiger partial charge in [-0.05, 0) is 47.1 Å². The fourth-order valence-corrected chi connectivity index (χ4v) is 1.71. The van der Waals surface area contributed by atoms with Gasteiger partial charge < -0.3 is 10.2 Å². The third kappa shape index (κ3) is 2.74. The lowest BCUT2D eigenvalue weighted by Crippen LogP contribution is -2.13. The Morgan fingerprint density at radius 2 is 2.24 bits per heavy atom. The van der Waals surface area contributed by atoms with Crippen LogP contribution in [0.15, 0.2) is 44.5 Å². The first kappa shape index (κ1) is 11.9. The number of hydrogen-bond acceptors (Lipinski definition) is 3. The number of aromatic nitrogens is 1. The van der Waals surface area contributed by atoms with Crippen molar-refractivity contribution in [2.75, 3.05) is 6.54 Å². The zero-order valence-electron chi connectivity index (χ0n) is 9.35. The lowest BCUT2D eigenvalue weighted by Gasteiger charge is -2.01. The van der Waals surface area contributed by atoms with Crippen LogP contribution in [-0.4, -0.2) is 17.4 Å². The summed E-state index contributed by atoms with van der Waals surface area (Å²) in [6, 6.07) is 7.43. The molecule has 0 spiro atoms. The van der Waals surface area contributed by atoms with Gasteiger partial charge in [-0.25, -0.2) is 0 Å². The van der Waals surface area contributed by atoms with Crippen molar-refractivity contribution in [1.82, 2.24) is 4.98 Å². The van der Waals surface area contributed by atoms with Gasteiger partial charge in [-0.2, -0.15) is 0 Å². The van der Waals surface area contributed by atoms with Gasteiger partial charge in [-0.15, -0.1) is 0 Å². The number of nitrogens with two attached hydrogens (primary N) is 1. The Morgan fingerprint density at radius 3 is 2.76 bits per heavy atom. The van der Waals surface area contributed by atoms with Gasteiger partial charge in [0.15, 0.2) is 10.4 Å². The van der Waals surface area contributed by atoms with Crippen LogP contribution in [0.25, 0.3) is 11.5 Å². The molecule has 2 rings (SSSR count). The van der Waals surface area contributed by atoms with Crippen molar-refractivity contribution in [2.45, 2.75) is 6.92 Å². The third-order valence-corrected chi connectivity index (χ3v) is 2.64. The van der Waals surface area contributed by atoms with Crippen LogP contribution in [0.3, 0.4) is 0 Å². The van der Waals surface area contributed by atoms with Gasteiger partial charge in [-0.1, -0.05) is 0 Å². The highest BCUT2D eigenvalue weighted by molar-refractivity contribution is 9.10. The highest BCUT2D eigenvalue weighted by Gasteiger charge is 2.05. The van der Waals surface area contributed by atoms with E-state index in [-0.39, 0.29) is 0 Å². The molecule has 0 fully saturated rings. The van der Waals surface area contributed by atoms with Crippen LogP contribution in [0.5, 0.6) is 0 Å². The molecule has 0 saturated heterocycles. The van der Waals surface area contributed by atoms with Crippen LogP contribution in [0.4, 0.5) is 0 Å². The number of hydrogen-bond donors (Lipinski definition) is 1. The summed E-state index contributed by atoms with van der Waals surface area (Å²) in [4.78, 5) is 8.42.